The lowest BCUT2D eigenvalue weighted by molar-refractivity contribution is -0.142. The summed E-state index contributed by atoms with van der Waals surface area (Å²) in [6.45, 7) is 0. The molecule has 1 amide bonds. The number of carbonyl (C=O) groups excluding carboxylic acids is 1. The van der Waals surface area contributed by atoms with Crippen LogP contribution in [0.5, 0.6) is 0 Å². The Hall–Kier alpha value is -1.76. The summed E-state index contributed by atoms with van der Waals surface area (Å²) < 4.78 is 0. The van der Waals surface area contributed by atoms with E-state index < -0.39 is 23.9 Å². The topological polar surface area (TPSA) is 104 Å². The molecule has 98 valence electrons. The minimum absolute atomic E-state index is 0.132. The molecule has 0 aromatic rings. The molecule has 3 N–H and O–H groups in total. The Morgan fingerprint density at radius 1 is 1.39 bits per heavy atom. The van der Waals surface area contributed by atoms with Crippen LogP contribution in [0.25, 0.3) is 0 Å². The molecule has 1 rings (SSSR count). The molecule has 1 aliphatic heterocycles. The highest BCUT2D eigenvalue weighted by molar-refractivity contribution is 8.02. The van der Waals surface area contributed by atoms with Gasteiger partial charge in [-0.3, -0.25) is 9.59 Å². The van der Waals surface area contributed by atoms with Crippen LogP contribution in [0.2, 0.25) is 0 Å². The predicted molar refractivity (Wildman–Crippen MR) is 66.1 cm³/mol. The average molecular weight is 271 g/mol. The molecule has 0 radical (unpaired) electrons. The molecule has 0 fully saturated rings. The van der Waals surface area contributed by atoms with Crippen LogP contribution in [0.15, 0.2) is 23.1 Å². The van der Waals surface area contributed by atoms with Crippen LogP contribution >= 0.6 is 11.8 Å². The molecule has 0 aliphatic carbocycles. The van der Waals surface area contributed by atoms with Crippen molar-refractivity contribution in [3.05, 3.63) is 23.1 Å². The van der Waals surface area contributed by atoms with Gasteiger partial charge in [-0.25, -0.2) is 4.79 Å². The first-order valence-corrected chi connectivity index (χ1v) is 6.28. The van der Waals surface area contributed by atoms with Gasteiger partial charge in [0.1, 0.15) is 6.04 Å². The summed E-state index contributed by atoms with van der Waals surface area (Å²) in [5.41, 5.74) is 0.476. The minimum Gasteiger partial charge on any atom is -0.481 e. The molecule has 0 unspecified atom stereocenters. The highest BCUT2D eigenvalue weighted by Crippen LogP contribution is 2.15. The lowest BCUT2D eigenvalue weighted by atomic mass is 10.1. The summed E-state index contributed by atoms with van der Waals surface area (Å²) in [6, 6.07) is -1.18. The summed E-state index contributed by atoms with van der Waals surface area (Å²) in [5, 5.41) is 21.5. The first-order chi connectivity index (χ1) is 8.50. The molecule has 1 aliphatic rings. The van der Waals surface area contributed by atoms with Crippen LogP contribution < -0.4 is 5.32 Å². The number of hydrogen-bond donors (Lipinski definition) is 3. The highest BCUT2D eigenvalue weighted by atomic mass is 32.2. The van der Waals surface area contributed by atoms with Gasteiger partial charge in [0, 0.05) is 17.7 Å². The van der Waals surface area contributed by atoms with E-state index in [0.29, 0.717) is 11.3 Å². The van der Waals surface area contributed by atoms with Crippen molar-refractivity contribution in [1.82, 2.24) is 5.32 Å². The fraction of sp³-hybridized carbons (Fsp3) is 0.364. The number of thioether (sulfide) groups is 1. The third-order valence-corrected chi connectivity index (χ3v) is 3.08. The van der Waals surface area contributed by atoms with Crippen molar-refractivity contribution in [3.63, 3.8) is 0 Å². The van der Waals surface area contributed by atoms with Gasteiger partial charge in [-0.1, -0.05) is 12.2 Å². The number of nitrogens with one attached hydrogen (secondary N) is 1. The Balaban J connectivity index is 2.57. The molecule has 0 aromatic heterocycles. The fourth-order valence-electron chi connectivity index (χ4n) is 1.31. The lowest BCUT2D eigenvalue weighted by Gasteiger charge is -2.15. The Morgan fingerprint density at radius 3 is 2.61 bits per heavy atom. The molecule has 18 heavy (non-hydrogen) atoms. The standard InChI is InChI=1S/C11H13NO5S/c13-9(14)4-3-8(11(16)17)12-10(15)7-2-1-5-18-6-7/h1-2,5,8H,3-4,6H2,(H,12,15)(H,13,14)(H,16,17)/t8-/m0/s1. The summed E-state index contributed by atoms with van der Waals surface area (Å²) in [4.78, 5) is 33.0. The van der Waals surface area contributed by atoms with Crippen LogP contribution in [-0.4, -0.2) is 39.9 Å². The van der Waals surface area contributed by atoms with Crippen LogP contribution in [0, 0.1) is 0 Å². The number of carboxylic acid groups (broad SMARTS) is 2. The van der Waals surface area contributed by atoms with Gasteiger partial charge in [0.15, 0.2) is 0 Å². The van der Waals surface area contributed by atoms with Crippen molar-refractivity contribution in [2.45, 2.75) is 18.9 Å². The van der Waals surface area contributed by atoms with E-state index >= 15 is 0 Å². The van der Waals surface area contributed by atoms with E-state index in [1.54, 1.807) is 12.2 Å². The molecule has 1 heterocycles. The maximum atomic E-state index is 11.7. The number of rotatable bonds is 6. The number of carbonyl (C=O) groups is 3. The Labute approximate surface area is 108 Å². The zero-order valence-electron chi connectivity index (χ0n) is 9.46. The second-order valence-corrected chi connectivity index (χ2v) is 4.52. The lowest BCUT2D eigenvalue weighted by Crippen LogP contribution is -2.42. The first kappa shape index (κ1) is 14.3. The largest absolute Gasteiger partial charge is 0.481 e. The molecule has 0 bridgehead atoms. The zero-order valence-corrected chi connectivity index (χ0v) is 10.3. The molecule has 1 atom stereocenters. The van der Waals surface area contributed by atoms with Gasteiger partial charge in [-0.05, 0) is 11.8 Å². The monoisotopic (exact) mass is 271 g/mol. The zero-order chi connectivity index (χ0) is 13.5. The summed E-state index contributed by atoms with van der Waals surface area (Å²) in [7, 11) is 0. The maximum absolute atomic E-state index is 11.7. The molecular weight excluding hydrogens is 258 g/mol. The van der Waals surface area contributed by atoms with Gasteiger partial charge in [-0.15, -0.1) is 11.8 Å². The third kappa shape index (κ3) is 4.62. The van der Waals surface area contributed by atoms with E-state index in [1.807, 2.05) is 5.41 Å². The van der Waals surface area contributed by atoms with Gasteiger partial charge in [0.25, 0.3) is 0 Å². The van der Waals surface area contributed by atoms with Gasteiger partial charge < -0.3 is 15.5 Å². The van der Waals surface area contributed by atoms with Crippen LogP contribution in [0.4, 0.5) is 0 Å². The summed E-state index contributed by atoms with van der Waals surface area (Å²) >= 11 is 1.43. The molecule has 7 heteroatoms. The van der Waals surface area contributed by atoms with Crippen LogP contribution in [0.3, 0.4) is 0 Å². The molecule has 0 aromatic carbocycles. The quantitative estimate of drug-likeness (QED) is 0.654. The van der Waals surface area contributed by atoms with Gasteiger partial charge >= 0.3 is 11.9 Å². The Bertz CT molecular complexity index is 416. The number of amides is 1. The van der Waals surface area contributed by atoms with Gasteiger partial charge in [0.05, 0.1) is 0 Å². The normalized spacial score (nSPS) is 15.7. The van der Waals surface area contributed by atoms with E-state index in [2.05, 4.69) is 5.32 Å². The van der Waals surface area contributed by atoms with E-state index in [0.717, 1.165) is 0 Å². The van der Waals surface area contributed by atoms with Crippen molar-refractivity contribution in [2.75, 3.05) is 5.75 Å². The molecular formula is C11H13NO5S. The van der Waals surface area contributed by atoms with E-state index in [9.17, 15) is 14.4 Å². The van der Waals surface area contributed by atoms with Crippen molar-refractivity contribution in [1.29, 1.82) is 0 Å². The number of allylic oxidation sites excluding steroid dienone is 2. The van der Waals surface area contributed by atoms with Crippen molar-refractivity contribution < 1.29 is 24.6 Å². The SMILES string of the molecule is O=C(O)CC[C@H](NC(=O)C1=CC=CSC1)C(=O)O. The van der Waals surface area contributed by atoms with Crippen LogP contribution in [0.1, 0.15) is 12.8 Å². The van der Waals surface area contributed by atoms with E-state index in [4.69, 9.17) is 10.2 Å². The smallest absolute Gasteiger partial charge is 0.326 e. The first-order valence-electron chi connectivity index (χ1n) is 5.23. The predicted octanol–water partition coefficient (Wildman–Crippen LogP) is 0.607. The highest BCUT2D eigenvalue weighted by Gasteiger charge is 2.22. The number of aliphatic carboxylic acids is 2. The van der Waals surface area contributed by atoms with Gasteiger partial charge in [0.2, 0.25) is 5.91 Å². The summed E-state index contributed by atoms with van der Waals surface area (Å²) in [5.74, 6) is -2.31. The Kier molecular flexibility index (Phi) is 5.44. The van der Waals surface area contributed by atoms with Crippen molar-refractivity contribution in [2.24, 2.45) is 0 Å². The molecule has 0 saturated heterocycles. The van der Waals surface area contributed by atoms with Gasteiger partial charge in [-0.2, -0.15) is 0 Å². The maximum Gasteiger partial charge on any atom is 0.326 e. The number of carboxylic acids is 2. The van der Waals surface area contributed by atoms with E-state index in [1.165, 1.54) is 11.8 Å². The average Bonchev–Trinajstić information content (AvgIpc) is 2.34. The third-order valence-electron chi connectivity index (χ3n) is 2.25. The minimum atomic E-state index is -1.23. The molecule has 0 spiro atoms. The molecule has 6 nitrogen and oxygen atoms in total. The second kappa shape index (κ2) is 6.85. The number of hydrogen-bond acceptors (Lipinski definition) is 4. The Morgan fingerprint density at radius 2 is 2.11 bits per heavy atom. The van der Waals surface area contributed by atoms with Crippen LogP contribution in [-0.2, 0) is 14.4 Å². The van der Waals surface area contributed by atoms with Crippen molar-refractivity contribution in [3.8, 4) is 0 Å². The second-order valence-electron chi connectivity index (χ2n) is 3.63. The van der Waals surface area contributed by atoms with E-state index in [-0.39, 0.29) is 12.8 Å². The molecule has 0 saturated carbocycles. The van der Waals surface area contributed by atoms with Crippen molar-refractivity contribution >= 4 is 29.6 Å². The summed E-state index contributed by atoms with van der Waals surface area (Å²) in [6.07, 6.45) is 2.88. The fourth-order valence-corrected chi connectivity index (χ4v) is 2.01.